The van der Waals surface area contributed by atoms with Gasteiger partial charge in [-0.3, -0.25) is 4.79 Å². The van der Waals surface area contributed by atoms with Gasteiger partial charge in [-0.1, -0.05) is 39.5 Å². The van der Waals surface area contributed by atoms with Gasteiger partial charge in [-0.15, -0.1) is 0 Å². The number of ketones is 1. The molecule has 0 saturated carbocycles. The van der Waals surface area contributed by atoms with Gasteiger partial charge in [-0.2, -0.15) is 4.31 Å². The van der Waals surface area contributed by atoms with Crippen LogP contribution in [0, 0.1) is 11.3 Å². The number of fused-ring (bicyclic) bond motifs is 1. The second-order valence-corrected chi connectivity index (χ2v) is 13.2. The van der Waals surface area contributed by atoms with Gasteiger partial charge in [0.25, 0.3) is 0 Å². The molecular weight excluding hydrogens is 458 g/mol. The average molecular weight is 494 g/mol. The van der Waals surface area contributed by atoms with E-state index in [-0.39, 0.29) is 16.8 Å². The fourth-order valence-electron chi connectivity index (χ4n) is 4.39. The van der Waals surface area contributed by atoms with Crippen LogP contribution in [0.2, 0.25) is 0 Å². The third-order valence-electron chi connectivity index (χ3n) is 6.52. The van der Waals surface area contributed by atoms with Crippen LogP contribution in [0.4, 0.5) is 0 Å². The van der Waals surface area contributed by atoms with Gasteiger partial charge in [0.1, 0.15) is 5.78 Å². The van der Waals surface area contributed by atoms with E-state index < -0.39 is 15.4 Å². The van der Waals surface area contributed by atoms with E-state index in [1.165, 1.54) is 11.8 Å². The molecule has 2 aliphatic heterocycles. The Kier molecular flexibility index (Phi) is 7.24. The number of benzene rings is 1. The third kappa shape index (κ3) is 5.47. The Balaban J connectivity index is 1.66. The van der Waals surface area contributed by atoms with E-state index in [1.54, 1.807) is 16.4 Å². The molecule has 0 N–H and O–H groups in total. The van der Waals surface area contributed by atoms with E-state index in [1.807, 2.05) is 26.8 Å². The molecule has 33 heavy (non-hydrogen) atoms. The summed E-state index contributed by atoms with van der Waals surface area (Å²) in [5.74, 6) is 0.853. The van der Waals surface area contributed by atoms with Crippen LogP contribution in [0.5, 0.6) is 0 Å². The fraction of sp³-hybridized carbons (Fsp3) is 0.667. The van der Waals surface area contributed by atoms with Crippen LogP contribution in [-0.4, -0.2) is 59.6 Å². The second-order valence-electron chi connectivity index (χ2n) is 10.4. The highest BCUT2D eigenvalue weighted by Crippen LogP contribution is 2.31. The molecule has 2 unspecified atom stereocenters. The lowest BCUT2D eigenvalue weighted by Crippen LogP contribution is -2.39. The van der Waals surface area contributed by atoms with Crippen LogP contribution in [0.25, 0.3) is 11.0 Å². The molecule has 182 valence electrons. The first-order chi connectivity index (χ1) is 15.6. The van der Waals surface area contributed by atoms with Gasteiger partial charge in [0.2, 0.25) is 10.0 Å². The quantitative estimate of drug-likeness (QED) is 0.534. The Morgan fingerprint density at radius 3 is 2.70 bits per heavy atom. The number of nitrogens with zero attached hydrogens (tertiary/aromatic N) is 3. The topological polar surface area (TPSA) is 81.5 Å². The van der Waals surface area contributed by atoms with E-state index in [0.717, 1.165) is 43.0 Å². The Labute approximate surface area is 201 Å². The van der Waals surface area contributed by atoms with Gasteiger partial charge < -0.3 is 9.30 Å². The van der Waals surface area contributed by atoms with Gasteiger partial charge in [0.05, 0.1) is 34.3 Å². The molecule has 0 bridgehead atoms. The smallest absolute Gasteiger partial charge is 0.243 e. The van der Waals surface area contributed by atoms with Gasteiger partial charge in [0, 0.05) is 25.1 Å². The molecule has 0 radical (unpaired) electrons. The molecule has 1 aromatic carbocycles. The molecule has 2 atom stereocenters. The van der Waals surface area contributed by atoms with Crippen molar-refractivity contribution in [2.24, 2.45) is 11.3 Å². The first-order valence-electron chi connectivity index (χ1n) is 11.8. The summed E-state index contributed by atoms with van der Waals surface area (Å²) in [6.45, 7) is 10.4. The lowest BCUT2D eigenvalue weighted by atomic mass is 9.92. The highest BCUT2D eigenvalue weighted by atomic mass is 32.2. The van der Waals surface area contributed by atoms with Crippen molar-refractivity contribution in [3.8, 4) is 0 Å². The summed E-state index contributed by atoms with van der Waals surface area (Å²) in [5, 5.41) is 0.735. The van der Waals surface area contributed by atoms with Crippen molar-refractivity contribution in [1.82, 2.24) is 13.9 Å². The molecule has 4 rings (SSSR count). The molecule has 3 heterocycles. The molecule has 0 aliphatic carbocycles. The van der Waals surface area contributed by atoms with Crippen LogP contribution in [-0.2, 0) is 26.1 Å². The molecule has 2 aromatic rings. The highest BCUT2D eigenvalue weighted by Gasteiger charge is 2.30. The number of carbonyl (C=O) groups excluding carboxylic acids is 1. The monoisotopic (exact) mass is 493 g/mol. The summed E-state index contributed by atoms with van der Waals surface area (Å²) in [6.07, 6.45) is 4.09. The third-order valence-corrected chi connectivity index (χ3v) is 9.36. The van der Waals surface area contributed by atoms with E-state index >= 15 is 0 Å². The predicted molar refractivity (Wildman–Crippen MR) is 131 cm³/mol. The maximum atomic E-state index is 13.3. The first-order valence-corrected chi connectivity index (χ1v) is 14.3. The maximum Gasteiger partial charge on any atom is 0.243 e. The Morgan fingerprint density at radius 1 is 1.24 bits per heavy atom. The number of thioether (sulfide) groups is 1. The van der Waals surface area contributed by atoms with E-state index in [0.29, 0.717) is 36.8 Å². The molecule has 0 spiro atoms. The molecular formula is C24H35N3O4S2. The zero-order chi connectivity index (χ0) is 23.8. The Hall–Kier alpha value is -1.42. The molecule has 2 saturated heterocycles. The highest BCUT2D eigenvalue weighted by molar-refractivity contribution is 7.99. The summed E-state index contributed by atoms with van der Waals surface area (Å²) in [7, 11) is -3.56. The summed E-state index contributed by atoms with van der Waals surface area (Å²) < 4.78 is 36.1. The fourth-order valence-corrected chi connectivity index (χ4v) is 7.19. The van der Waals surface area contributed by atoms with Crippen molar-refractivity contribution in [2.75, 3.05) is 25.4 Å². The number of rotatable bonds is 7. The number of imidazole rings is 1. The molecule has 2 aliphatic rings. The SMILES string of the molecule is CC1CCCN(S(=O)(=O)c2ccc3c(c2)nc(SCC(=O)C(C)(C)C)n3CC2CCCO2)C1. The van der Waals surface area contributed by atoms with E-state index in [2.05, 4.69) is 11.5 Å². The van der Waals surface area contributed by atoms with Crippen LogP contribution < -0.4 is 0 Å². The minimum absolute atomic E-state index is 0.110. The average Bonchev–Trinajstić information content (AvgIpc) is 3.39. The number of sulfonamides is 1. The minimum atomic E-state index is -3.56. The Bertz CT molecular complexity index is 1110. The molecule has 2 fully saturated rings. The van der Waals surface area contributed by atoms with Crippen LogP contribution in [0.15, 0.2) is 28.3 Å². The predicted octanol–water partition coefficient (Wildman–Crippen LogP) is 4.34. The zero-order valence-corrected chi connectivity index (χ0v) is 21.7. The van der Waals surface area contributed by atoms with E-state index in [4.69, 9.17) is 9.72 Å². The lowest BCUT2D eigenvalue weighted by molar-refractivity contribution is -0.123. The summed E-state index contributed by atoms with van der Waals surface area (Å²) in [5.41, 5.74) is 1.11. The molecule has 1 aromatic heterocycles. The largest absolute Gasteiger partial charge is 0.376 e. The van der Waals surface area contributed by atoms with Crippen molar-refractivity contribution in [2.45, 2.75) is 76.1 Å². The van der Waals surface area contributed by atoms with Gasteiger partial charge >= 0.3 is 0 Å². The second kappa shape index (κ2) is 9.68. The normalized spacial score (nSPS) is 22.8. The van der Waals surface area contributed by atoms with Crippen molar-refractivity contribution in [3.05, 3.63) is 18.2 Å². The standard InChI is InChI=1S/C24H35N3O4S2/c1-17-7-5-11-26(14-17)33(29,30)19-9-10-21-20(13-19)25-23(32-16-22(28)24(2,3)4)27(21)15-18-8-6-12-31-18/h9-10,13,17-18H,5-8,11-12,14-16H2,1-4H3. The minimum Gasteiger partial charge on any atom is -0.376 e. The number of hydrogen-bond acceptors (Lipinski definition) is 6. The van der Waals surface area contributed by atoms with Crippen LogP contribution in [0.3, 0.4) is 0 Å². The van der Waals surface area contributed by atoms with Crippen molar-refractivity contribution in [3.63, 3.8) is 0 Å². The first kappa shape index (κ1) is 24.7. The van der Waals surface area contributed by atoms with Crippen LogP contribution >= 0.6 is 11.8 Å². The Morgan fingerprint density at radius 2 is 2.03 bits per heavy atom. The molecule has 7 nitrogen and oxygen atoms in total. The summed E-state index contributed by atoms with van der Waals surface area (Å²) >= 11 is 1.42. The van der Waals surface area contributed by atoms with Crippen molar-refractivity contribution in [1.29, 1.82) is 0 Å². The number of aromatic nitrogens is 2. The van der Waals surface area contributed by atoms with E-state index in [9.17, 15) is 13.2 Å². The van der Waals surface area contributed by atoms with Gasteiger partial charge in [-0.05, 0) is 49.8 Å². The number of hydrogen-bond donors (Lipinski definition) is 0. The lowest BCUT2D eigenvalue weighted by Gasteiger charge is -2.30. The molecule has 0 amide bonds. The number of ether oxygens (including phenoxy) is 1. The van der Waals surface area contributed by atoms with Crippen molar-refractivity contribution < 1.29 is 17.9 Å². The number of carbonyl (C=O) groups is 1. The van der Waals surface area contributed by atoms with Crippen molar-refractivity contribution >= 4 is 38.6 Å². The van der Waals surface area contributed by atoms with Gasteiger partial charge in [-0.25, -0.2) is 13.4 Å². The summed E-state index contributed by atoms with van der Waals surface area (Å²) in [6, 6.07) is 5.23. The number of piperidine rings is 1. The zero-order valence-electron chi connectivity index (χ0n) is 20.0. The van der Waals surface area contributed by atoms with Crippen LogP contribution in [0.1, 0.15) is 53.4 Å². The van der Waals surface area contributed by atoms with Gasteiger partial charge in [0.15, 0.2) is 5.16 Å². The summed E-state index contributed by atoms with van der Waals surface area (Å²) in [4.78, 5) is 17.6. The molecule has 9 heteroatoms. The number of Topliss-reactive ketones (excluding diaryl/α,β-unsaturated/α-hetero) is 1. The maximum absolute atomic E-state index is 13.3.